The molecule has 0 aliphatic heterocycles. The van der Waals surface area contributed by atoms with Gasteiger partial charge in [-0.15, -0.1) is 0 Å². The molecule has 2 aromatic carbocycles. The van der Waals surface area contributed by atoms with Gasteiger partial charge in [0.25, 0.3) is 0 Å². The van der Waals surface area contributed by atoms with Crippen LogP contribution in [0.1, 0.15) is 25.3 Å². The second kappa shape index (κ2) is 6.74. The van der Waals surface area contributed by atoms with Crippen molar-refractivity contribution < 1.29 is 4.79 Å². The summed E-state index contributed by atoms with van der Waals surface area (Å²) in [6.07, 6.45) is 5.60. The fraction of sp³-hybridized carbons (Fsp3) is 0.235. The highest BCUT2D eigenvalue weighted by Crippen LogP contribution is 2.19. The quantitative estimate of drug-likeness (QED) is 0.638. The van der Waals surface area contributed by atoms with E-state index >= 15 is 0 Å². The molecule has 0 saturated heterocycles. The molecule has 19 heavy (non-hydrogen) atoms. The number of hydrogen-bond acceptors (Lipinski definition) is 1. The summed E-state index contributed by atoms with van der Waals surface area (Å²) in [6, 6.07) is 14.3. The molecule has 0 radical (unpaired) electrons. The maximum atomic E-state index is 11.6. The molecule has 0 fully saturated rings. The van der Waals surface area contributed by atoms with E-state index in [-0.39, 0.29) is 5.91 Å². The zero-order valence-electron chi connectivity index (χ0n) is 11.2. The van der Waals surface area contributed by atoms with Gasteiger partial charge in [0.1, 0.15) is 0 Å². The summed E-state index contributed by atoms with van der Waals surface area (Å²) in [4.78, 5) is 11.6. The van der Waals surface area contributed by atoms with Crippen LogP contribution in [-0.2, 0) is 4.79 Å². The third-order valence-electron chi connectivity index (χ3n) is 3.07. The second-order valence-electron chi connectivity index (χ2n) is 4.55. The molecule has 0 aromatic heterocycles. The van der Waals surface area contributed by atoms with Crippen LogP contribution in [0.3, 0.4) is 0 Å². The van der Waals surface area contributed by atoms with Crippen LogP contribution in [0.4, 0.5) is 0 Å². The van der Waals surface area contributed by atoms with Gasteiger partial charge < -0.3 is 5.32 Å². The van der Waals surface area contributed by atoms with E-state index in [0.29, 0.717) is 0 Å². The molecule has 0 aliphatic carbocycles. The van der Waals surface area contributed by atoms with Crippen LogP contribution in [0.2, 0.25) is 0 Å². The molecule has 0 spiro atoms. The first-order valence-corrected chi connectivity index (χ1v) is 6.75. The van der Waals surface area contributed by atoms with E-state index in [1.165, 1.54) is 10.8 Å². The summed E-state index contributed by atoms with van der Waals surface area (Å²) in [7, 11) is 0. The Kier molecular flexibility index (Phi) is 4.73. The van der Waals surface area contributed by atoms with E-state index < -0.39 is 0 Å². The van der Waals surface area contributed by atoms with Gasteiger partial charge in [-0.1, -0.05) is 55.8 Å². The fourth-order valence-corrected chi connectivity index (χ4v) is 2.01. The lowest BCUT2D eigenvalue weighted by atomic mass is 10.0. The number of nitrogens with one attached hydrogen (secondary N) is 1. The lowest BCUT2D eigenvalue weighted by Crippen LogP contribution is -2.21. The van der Waals surface area contributed by atoms with Crippen molar-refractivity contribution in [3.8, 4) is 0 Å². The van der Waals surface area contributed by atoms with Crippen molar-refractivity contribution in [2.45, 2.75) is 19.8 Å². The smallest absolute Gasteiger partial charge is 0.243 e. The topological polar surface area (TPSA) is 29.1 Å². The van der Waals surface area contributed by atoms with Crippen molar-refractivity contribution in [3.05, 3.63) is 54.1 Å². The molecule has 0 saturated carbocycles. The van der Waals surface area contributed by atoms with Crippen molar-refractivity contribution in [2.24, 2.45) is 0 Å². The summed E-state index contributed by atoms with van der Waals surface area (Å²) in [5, 5.41) is 5.24. The number of fused-ring (bicyclic) bond motifs is 1. The van der Waals surface area contributed by atoms with Crippen LogP contribution in [0.5, 0.6) is 0 Å². The van der Waals surface area contributed by atoms with Crippen molar-refractivity contribution in [3.63, 3.8) is 0 Å². The summed E-state index contributed by atoms with van der Waals surface area (Å²) in [5.41, 5.74) is 1.07. The predicted octanol–water partition coefficient (Wildman–Crippen LogP) is 3.77. The Morgan fingerprint density at radius 1 is 1.16 bits per heavy atom. The molecule has 2 aromatic rings. The number of carbonyl (C=O) groups is 1. The normalized spacial score (nSPS) is 11.0. The minimum absolute atomic E-state index is 0.0265. The molecule has 1 N–H and O–H groups in total. The molecule has 98 valence electrons. The van der Waals surface area contributed by atoms with Gasteiger partial charge >= 0.3 is 0 Å². The lowest BCUT2D eigenvalue weighted by molar-refractivity contribution is -0.116. The van der Waals surface area contributed by atoms with Gasteiger partial charge in [0.15, 0.2) is 0 Å². The summed E-state index contributed by atoms with van der Waals surface area (Å²) in [5.74, 6) is -0.0265. The number of benzene rings is 2. The third-order valence-corrected chi connectivity index (χ3v) is 3.07. The third kappa shape index (κ3) is 3.68. The first-order valence-electron chi connectivity index (χ1n) is 6.75. The summed E-state index contributed by atoms with van der Waals surface area (Å²) >= 11 is 0. The predicted molar refractivity (Wildman–Crippen MR) is 80.9 cm³/mol. The number of rotatable bonds is 5. The van der Waals surface area contributed by atoms with E-state index in [1.54, 1.807) is 6.08 Å². The van der Waals surface area contributed by atoms with Gasteiger partial charge in [0.05, 0.1) is 0 Å². The Bertz CT molecular complexity index is 581. The highest BCUT2D eigenvalue weighted by Gasteiger charge is 1.98. The summed E-state index contributed by atoms with van der Waals surface area (Å²) < 4.78 is 0. The van der Waals surface area contributed by atoms with E-state index in [4.69, 9.17) is 0 Å². The monoisotopic (exact) mass is 253 g/mol. The molecule has 0 aliphatic rings. The zero-order valence-corrected chi connectivity index (χ0v) is 11.2. The van der Waals surface area contributed by atoms with Crippen molar-refractivity contribution >= 4 is 22.8 Å². The van der Waals surface area contributed by atoms with Gasteiger partial charge in [0, 0.05) is 12.6 Å². The molecule has 2 nitrogen and oxygen atoms in total. The SMILES string of the molecule is CCCCNC(=O)/C=C/c1cccc2ccccc12. The standard InChI is InChI=1S/C17H19NO/c1-2-3-13-18-17(19)12-11-15-9-6-8-14-7-4-5-10-16(14)15/h4-12H,2-3,13H2,1H3,(H,18,19)/b12-11+. The maximum absolute atomic E-state index is 11.6. The molecule has 2 rings (SSSR count). The number of amides is 1. The van der Waals surface area contributed by atoms with E-state index in [9.17, 15) is 4.79 Å². The Morgan fingerprint density at radius 2 is 1.95 bits per heavy atom. The molecule has 0 bridgehead atoms. The Labute approximate surface area is 114 Å². The molecular formula is C17H19NO. The average Bonchev–Trinajstić information content (AvgIpc) is 2.45. The molecule has 0 atom stereocenters. The minimum atomic E-state index is -0.0265. The second-order valence-corrected chi connectivity index (χ2v) is 4.55. The fourth-order valence-electron chi connectivity index (χ4n) is 2.01. The van der Waals surface area contributed by atoms with Crippen molar-refractivity contribution in [1.82, 2.24) is 5.32 Å². The van der Waals surface area contributed by atoms with Crippen molar-refractivity contribution in [1.29, 1.82) is 0 Å². The van der Waals surface area contributed by atoms with Crippen LogP contribution < -0.4 is 5.32 Å². The largest absolute Gasteiger partial charge is 0.353 e. The minimum Gasteiger partial charge on any atom is -0.353 e. The molecular weight excluding hydrogens is 234 g/mol. The molecule has 2 heteroatoms. The Balaban J connectivity index is 2.10. The van der Waals surface area contributed by atoms with Gasteiger partial charge in [-0.3, -0.25) is 4.79 Å². The van der Waals surface area contributed by atoms with Gasteiger partial charge in [-0.2, -0.15) is 0 Å². The van der Waals surface area contributed by atoms with Crippen LogP contribution in [0.25, 0.3) is 16.8 Å². The Hall–Kier alpha value is -2.09. The first-order chi connectivity index (χ1) is 9.31. The van der Waals surface area contributed by atoms with Gasteiger partial charge in [0.2, 0.25) is 5.91 Å². The lowest BCUT2D eigenvalue weighted by Gasteiger charge is -2.02. The van der Waals surface area contributed by atoms with E-state index in [1.807, 2.05) is 30.3 Å². The Morgan fingerprint density at radius 3 is 2.79 bits per heavy atom. The van der Waals surface area contributed by atoms with Gasteiger partial charge in [-0.25, -0.2) is 0 Å². The van der Waals surface area contributed by atoms with Crippen LogP contribution in [0.15, 0.2) is 48.5 Å². The first kappa shape index (κ1) is 13.3. The average molecular weight is 253 g/mol. The highest BCUT2D eigenvalue weighted by atomic mass is 16.1. The highest BCUT2D eigenvalue weighted by molar-refractivity contribution is 5.96. The van der Waals surface area contributed by atoms with Crippen LogP contribution in [0, 0.1) is 0 Å². The molecule has 1 amide bonds. The van der Waals surface area contributed by atoms with Gasteiger partial charge in [-0.05, 0) is 28.8 Å². The summed E-state index contributed by atoms with van der Waals surface area (Å²) in [6.45, 7) is 2.85. The maximum Gasteiger partial charge on any atom is 0.243 e. The van der Waals surface area contributed by atoms with Crippen LogP contribution in [-0.4, -0.2) is 12.5 Å². The van der Waals surface area contributed by atoms with Crippen LogP contribution >= 0.6 is 0 Å². The molecule has 0 unspecified atom stereocenters. The van der Waals surface area contributed by atoms with E-state index in [0.717, 1.165) is 24.9 Å². The van der Waals surface area contributed by atoms with Crippen molar-refractivity contribution in [2.75, 3.05) is 6.54 Å². The zero-order chi connectivity index (χ0) is 13.5. The number of hydrogen-bond donors (Lipinski definition) is 1. The number of unbranched alkanes of at least 4 members (excludes halogenated alkanes) is 1. The van der Waals surface area contributed by atoms with E-state index in [2.05, 4.69) is 30.4 Å². The molecule has 0 heterocycles. The number of carbonyl (C=O) groups excluding carboxylic acids is 1.